The van der Waals surface area contributed by atoms with Gasteiger partial charge in [-0.2, -0.15) is 0 Å². The average Bonchev–Trinajstić information content (AvgIpc) is 2.39. The highest BCUT2D eigenvalue weighted by Gasteiger charge is 2.05. The van der Waals surface area contributed by atoms with Crippen LogP contribution >= 0.6 is 24.0 Å². The van der Waals surface area contributed by atoms with E-state index in [1.54, 1.807) is 7.05 Å². The fourth-order valence-electron chi connectivity index (χ4n) is 1.80. The Morgan fingerprint density at radius 1 is 1.37 bits per heavy atom. The molecule has 2 N–H and O–H groups in total. The maximum Gasteiger partial charge on any atom is 0.191 e. The van der Waals surface area contributed by atoms with E-state index in [0.717, 1.165) is 32.0 Å². The van der Waals surface area contributed by atoms with Gasteiger partial charge < -0.3 is 15.5 Å². The Morgan fingerprint density at radius 2 is 2.00 bits per heavy atom. The molecule has 0 aliphatic rings. The van der Waals surface area contributed by atoms with Crippen LogP contribution in [0.5, 0.6) is 0 Å². The van der Waals surface area contributed by atoms with Crippen LogP contribution in [0.25, 0.3) is 0 Å². The standard InChI is InChI=1S/C14H28N4.HI/c1-6-11-16-14(15-5)17-13(4)10-9-12-18(7-2)8-3;/h1,13H,7-12H2,2-5H3,(H2,15,16,17);1H. The number of hydrogen-bond acceptors (Lipinski definition) is 2. The van der Waals surface area contributed by atoms with Crippen molar-refractivity contribution in [1.82, 2.24) is 15.5 Å². The minimum absolute atomic E-state index is 0. The Bertz CT molecular complexity index is 269. The van der Waals surface area contributed by atoms with E-state index < -0.39 is 0 Å². The molecule has 0 aliphatic heterocycles. The predicted molar refractivity (Wildman–Crippen MR) is 95.2 cm³/mol. The molecule has 0 saturated carbocycles. The van der Waals surface area contributed by atoms with Gasteiger partial charge >= 0.3 is 0 Å². The zero-order valence-corrected chi connectivity index (χ0v) is 15.0. The smallest absolute Gasteiger partial charge is 0.191 e. The van der Waals surface area contributed by atoms with Crippen LogP contribution in [0, 0.1) is 12.3 Å². The Balaban J connectivity index is 0. The van der Waals surface area contributed by atoms with Gasteiger partial charge in [-0.1, -0.05) is 19.8 Å². The first-order valence-electron chi connectivity index (χ1n) is 6.80. The molecule has 1 unspecified atom stereocenters. The molecular formula is C14H29IN4. The molecule has 0 saturated heterocycles. The van der Waals surface area contributed by atoms with Gasteiger partial charge in [0.25, 0.3) is 0 Å². The van der Waals surface area contributed by atoms with Crippen molar-refractivity contribution in [3.05, 3.63) is 0 Å². The van der Waals surface area contributed by atoms with Crippen LogP contribution < -0.4 is 10.6 Å². The van der Waals surface area contributed by atoms with E-state index in [9.17, 15) is 0 Å². The van der Waals surface area contributed by atoms with Crippen molar-refractivity contribution in [3.63, 3.8) is 0 Å². The van der Waals surface area contributed by atoms with Crippen molar-refractivity contribution in [1.29, 1.82) is 0 Å². The van der Waals surface area contributed by atoms with Gasteiger partial charge in [-0.3, -0.25) is 4.99 Å². The zero-order chi connectivity index (χ0) is 13.8. The van der Waals surface area contributed by atoms with Crippen molar-refractivity contribution in [2.24, 2.45) is 4.99 Å². The van der Waals surface area contributed by atoms with Crippen LogP contribution in [0.3, 0.4) is 0 Å². The molecule has 0 amide bonds. The third-order valence-electron chi connectivity index (χ3n) is 2.97. The van der Waals surface area contributed by atoms with E-state index in [1.807, 2.05) is 0 Å². The predicted octanol–water partition coefficient (Wildman–Crippen LogP) is 1.91. The third-order valence-corrected chi connectivity index (χ3v) is 2.97. The molecule has 0 bridgehead atoms. The second-order valence-corrected chi connectivity index (χ2v) is 4.34. The number of nitrogens with zero attached hydrogens (tertiary/aromatic N) is 2. The normalized spacial score (nSPS) is 12.5. The number of aliphatic imine (C=N–C) groups is 1. The van der Waals surface area contributed by atoms with Gasteiger partial charge in [-0.15, -0.1) is 30.4 Å². The fraction of sp³-hybridized carbons (Fsp3) is 0.786. The maximum absolute atomic E-state index is 5.21. The van der Waals surface area contributed by atoms with Crippen LogP contribution in [-0.2, 0) is 0 Å². The molecule has 0 rings (SSSR count). The quantitative estimate of drug-likeness (QED) is 0.293. The molecule has 5 heteroatoms. The first-order chi connectivity index (χ1) is 8.67. The number of halogens is 1. The molecule has 1 atom stereocenters. The maximum atomic E-state index is 5.21. The van der Waals surface area contributed by atoms with E-state index in [-0.39, 0.29) is 24.0 Å². The summed E-state index contributed by atoms with van der Waals surface area (Å²) in [6.07, 6.45) is 7.53. The average molecular weight is 380 g/mol. The number of terminal acetylenes is 1. The molecule has 0 aromatic carbocycles. The Morgan fingerprint density at radius 3 is 2.47 bits per heavy atom. The van der Waals surface area contributed by atoms with E-state index in [4.69, 9.17) is 6.42 Å². The Kier molecular flexibility index (Phi) is 15.3. The molecular weight excluding hydrogens is 351 g/mol. The summed E-state index contributed by atoms with van der Waals surface area (Å²) in [5.41, 5.74) is 0. The number of guanidine groups is 1. The zero-order valence-electron chi connectivity index (χ0n) is 12.7. The van der Waals surface area contributed by atoms with Gasteiger partial charge in [0.1, 0.15) is 0 Å². The van der Waals surface area contributed by atoms with E-state index in [1.165, 1.54) is 6.42 Å². The molecule has 0 aliphatic carbocycles. The summed E-state index contributed by atoms with van der Waals surface area (Å²) in [7, 11) is 1.76. The van der Waals surface area contributed by atoms with Crippen molar-refractivity contribution in [2.75, 3.05) is 33.2 Å². The summed E-state index contributed by atoms with van der Waals surface area (Å²) in [5.74, 6) is 3.32. The molecule has 4 nitrogen and oxygen atoms in total. The van der Waals surface area contributed by atoms with E-state index >= 15 is 0 Å². The lowest BCUT2D eigenvalue weighted by molar-refractivity contribution is 0.292. The Labute approximate surface area is 135 Å². The number of nitrogens with one attached hydrogen (secondary N) is 2. The summed E-state index contributed by atoms with van der Waals surface area (Å²) >= 11 is 0. The summed E-state index contributed by atoms with van der Waals surface area (Å²) < 4.78 is 0. The second kappa shape index (κ2) is 13.9. The monoisotopic (exact) mass is 380 g/mol. The van der Waals surface area contributed by atoms with E-state index in [2.05, 4.69) is 47.2 Å². The number of rotatable bonds is 8. The van der Waals surface area contributed by atoms with Crippen molar-refractivity contribution in [2.45, 2.75) is 39.7 Å². The van der Waals surface area contributed by atoms with Crippen LogP contribution in [0.15, 0.2) is 4.99 Å². The lowest BCUT2D eigenvalue weighted by atomic mass is 10.2. The SMILES string of the molecule is C#CCNC(=NC)NC(C)CCCN(CC)CC.I. The first-order valence-corrected chi connectivity index (χ1v) is 6.80. The molecule has 0 spiro atoms. The molecule has 0 aromatic heterocycles. The lowest BCUT2D eigenvalue weighted by Crippen LogP contribution is -2.42. The summed E-state index contributed by atoms with van der Waals surface area (Å²) in [6.45, 7) is 10.5. The second-order valence-electron chi connectivity index (χ2n) is 4.34. The van der Waals surface area contributed by atoms with Crippen molar-refractivity contribution in [3.8, 4) is 12.3 Å². The van der Waals surface area contributed by atoms with Gasteiger partial charge in [-0.05, 0) is 39.4 Å². The highest BCUT2D eigenvalue weighted by molar-refractivity contribution is 14.0. The molecule has 0 heterocycles. The number of hydrogen-bond donors (Lipinski definition) is 2. The van der Waals surface area contributed by atoms with Gasteiger partial charge in [0, 0.05) is 13.1 Å². The van der Waals surface area contributed by atoms with Crippen molar-refractivity contribution >= 4 is 29.9 Å². The molecule has 0 aromatic rings. The van der Waals surface area contributed by atoms with Gasteiger partial charge in [0.2, 0.25) is 0 Å². The molecule has 112 valence electrons. The molecule has 0 radical (unpaired) electrons. The largest absolute Gasteiger partial charge is 0.354 e. The molecule has 19 heavy (non-hydrogen) atoms. The van der Waals surface area contributed by atoms with Crippen LogP contribution in [0.4, 0.5) is 0 Å². The summed E-state index contributed by atoms with van der Waals surface area (Å²) in [6, 6.07) is 0.407. The lowest BCUT2D eigenvalue weighted by Gasteiger charge is -2.20. The minimum atomic E-state index is 0. The first kappa shape index (κ1) is 20.8. The third kappa shape index (κ3) is 11.1. The van der Waals surface area contributed by atoms with Crippen LogP contribution in [0.1, 0.15) is 33.6 Å². The van der Waals surface area contributed by atoms with E-state index in [0.29, 0.717) is 12.6 Å². The highest BCUT2D eigenvalue weighted by Crippen LogP contribution is 1.99. The summed E-state index contributed by atoms with van der Waals surface area (Å²) in [4.78, 5) is 6.57. The minimum Gasteiger partial charge on any atom is -0.354 e. The molecule has 0 fully saturated rings. The van der Waals surface area contributed by atoms with Gasteiger partial charge in [-0.25, -0.2) is 0 Å². The highest BCUT2D eigenvalue weighted by atomic mass is 127. The topological polar surface area (TPSA) is 39.7 Å². The van der Waals surface area contributed by atoms with Gasteiger partial charge in [0.15, 0.2) is 5.96 Å². The van der Waals surface area contributed by atoms with Crippen molar-refractivity contribution < 1.29 is 0 Å². The fourth-order valence-corrected chi connectivity index (χ4v) is 1.80. The van der Waals surface area contributed by atoms with Crippen LogP contribution in [-0.4, -0.2) is 50.1 Å². The van der Waals surface area contributed by atoms with Gasteiger partial charge in [0.05, 0.1) is 6.54 Å². The summed E-state index contributed by atoms with van der Waals surface area (Å²) in [5, 5.41) is 6.40. The van der Waals surface area contributed by atoms with Crippen LogP contribution in [0.2, 0.25) is 0 Å². The Hall–Kier alpha value is -0.480.